The lowest BCUT2D eigenvalue weighted by atomic mass is 9.98. The van der Waals surface area contributed by atoms with Crippen molar-refractivity contribution in [3.8, 4) is 0 Å². The zero-order valence-electron chi connectivity index (χ0n) is 12.3. The first-order valence-electron chi connectivity index (χ1n) is 7.59. The van der Waals surface area contributed by atoms with Crippen LogP contribution in [0, 0.1) is 0 Å². The van der Waals surface area contributed by atoms with Crippen LogP contribution < -0.4 is 11.1 Å². The van der Waals surface area contributed by atoms with Gasteiger partial charge in [-0.05, 0) is 44.9 Å². The van der Waals surface area contributed by atoms with Crippen molar-refractivity contribution < 1.29 is 9.59 Å². The maximum Gasteiger partial charge on any atom is 0.263 e. The van der Waals surface area contributed by atoms with E-state index in [4.69, 9.17) is 5.73 Å². The zero-order chi connectivity index (χ0) is 15.0. The molecule has 1 aromatic rings. The number of rotatable bonds is 3. The molecule has 2 amide bonds. The largest absolute Gasteiger partial charge is 0.398 e. The molecule has 2 unspecified atom stereocenters. The van der Waals surface area contributed by atoms with Gasteiger partial charge in [0.05, 0.1) is 11.1 Å². The molecular formula is C16H21N3O2. The van der Waals surface area contributed by atoms with Crippen molar-refractivity contribution in [2.45, 2.75) is 44.7 Å². The van der Waals surface area contributed by atoms with Gasteiger partial charge in [-0.25, -0.2) is 0 Å². The van der Waals surface area contributed by atoms with E-state index in [1.54, 1.807) is 18.2 Å². The van der Waals surface area contributed by atoms with Crippen molar-refractivity contribution in [3.63, 3.8) is 0 Å². The summed E-state index contributed by atoms with van der Waals surface area (Å²) in [4.78, 5) is 26.4. The van der Waals surface area contributed by atoms with Crippen LogP contribution in [-0.4, -0.2) is 35.3 Å². The Labute approximate surface area is 124 Å². The van der Waals surface area contributed by atoms with Gasteiger partial charge >= 0.3 is 0 Å². The summed E-state index contributed by atoms with van der Waals surface area (Å²) >= 11 is 0. The van der Waals surface area contributed by atoms with Crippen LogP contribution in [0.15, 0.2) is 18.2 Å². The number of anilines is 1. The fourth-order valence-electron chi connectivity index (χ4n) is 3.37. The summed E-state index contributed by atoms with van der Waals surface area (Å²) < 4.78 is 0. The smallest absolute Gasteiger partial charge is 0.263 e. The number of nitrogen functional groups attached to an aromatic ring is 1. The normalized spacial score (nSPS) is 23.3. The summed E-state index contributed by atoms with van der Waals surface area (Å²) in [5.41, 5.74) is 7.04. The van der Waals surface area contributed by atoms with Crippen molar-refractivity contribution in [2.75, 3.05) is 12.3 Å². The van der Waals surface area contributed by atoms with Crippen molar-refractivity contribution in [1.82, 2.24) is 10.2 Å². The molecule has 2 aliphatic heterocycles. The second kappa shape index (κ2) is 5.48. The monoisotopic (exact) mass is 287 g/mol. The maximum absolute atomic E-state index is 12.5. The summed E-state index contributed by atoms with van der Waals surface area (Å²) in [6.07, 6.45) is 4.31. The van der Waals surface area contributed by atoms with Gasteiger partial charge in [0, 0.05) is 17.8 Å². The Morgan fingerprint density at radius 1 is 1.33 bits per heavy atom. The van der Waals surface area contributed by atoms with Gasteiger partial charge in [0.15, 0.2) is 0 Å². The number of hydrogen-bond donors (Lipinski definition) is 2. The van der Waals surface area contributed by atoms with Gasteiger partial charge in [-0.15, -0.1) is 0 Å². The molecule has 0 aromatic heterocycles. The fourth-order valence-corrected chi connectivity index (χ4v) is 3.37. The second-order valence-electron chi connectivity index (χ2n) is 5.98. The number of hydrogen-bond acceptors (Lipinski definition) is 4. The Hall–Kier alpha value is -1.88. The number of fused-ring (bicyclic) bond motifs is 1. The van der Waals surface area contributed by atoms with E-state index in [0.717, 1.165) is 19.4 Å². The van der Waals surface area contributed by atoms with Gasteiger partial charge in [0.1, 0.15) is 0 Å². The SMILES string of the molecule is CC(CC1CCCCN1)N1C(=O)c2cccc(N)c2C1=O. The molecule has 3 N–H and O–H groups in total. The molecule has 0 spiro atoms. The first-order valence-corrected chi connectivity index (χ1v) is 7.59. The molecule has 2 aliphatic rings. The van der Waals surface area contributed by atoms with E-state index >= 15 is 0 Å². The van der Waals surface area contributed by atoms with E-state index in [9.17, 15) is 9.59 Å². The van der Waals surface area contributed by atoms with E-state index in [1.165, 1.54) is 17.7 Å². The number of nitrogens with zero attached hydrogens (tertiary/aromatic N) is 1. The molecule has 112 valence electrons. The highest BCUT2D eigenvalue weighted by atomic mass is 16.2. The molecule has 0 radical (unpaired) electrons. The predicted octanol–water partition coefficient (Wildman–Crippen LogP) is 1.79. The Balaban J connectivity index is 1.79. The number of nitrogens with two attached hydrogens (primary N) is 1. The third-order valence-electron chi connectivity index (χ3n) is 4.46. The van der Waals surface area contributed by atoms with Gasteiger partial charge in [0.25, 0.3) is 11.8 Å². The Morgan fingerprint density at radius 2 is 2.14 bits per heavy atom. The average Bonchev–Trinajstić information content (AvgIpc) is 2.73. The summed E-state index contributed by atoms with van der Waals surface area (Å²) in [6.45, 7) is 2.96. The molecule has 2 heterocycles. The topological polar surface area (TPSA) is 75.4 Å². The minimum absolute atomic E-state index is 0.118. The van der Waals surface area contributed by atoms with Crippen LogP contribution in [0.4, 0.5) is 5.69 Å². The molecular weight excluding hydrogens is 266 g/mol. The number of carbonyl (C=O) groups is 2. The van der Waals surface area contributed by atoms with E-state index in [1.807, 2.05) is 6.92 Å². The van der Waals surface area contributed by atoms with Gasteiger partial charge in [-0.1, -0.05) is 12.5 Å². The summed E-state index contributed by atoms with van der Waals surface area (Å²) in [7, 11) is 0. The molecule has 2 atom stereocenters. The highest BCUT2D eigenvalue weighted by Crippen LogP contribution is 2.30. The molecule has 1 fully saturated rings. The molecule has 1 saturated heterocycles. The molecule has 3 rings (SSSR count). The average molecular weight is 287 g/mol. The maximum atomic E-state index is 12.5. The predicted molar refractivity (Wildman–Crippen MR) is 81.1 cm³/mol. The van der Waals surface area contributed by atoms with E-state index in [-0.39, 0.29) is 17.9 Å². The van der Waals surface area contributed by atoms with Crippen LogP contribution in [0.3, 0.4) is 0 Å². The van der Waals surface area contributed by atoms with Crippen LogP contribution in [0.25, 0.3) is 0 Å². The molecule has 1 aromatic carbocycles. The highest BCUT2D eigenvalue weighted by Gasteiger charge is 2.40. The third kappa shape index (κ3) is 2.42. The van der Waals surface area contributed by atoms with Crippen molar-refractivity contribution in [3.05, 3.63) is 29.3 Å². The number of imide groups is 1. The highest BCUT2D eigenvalue weighted by molar-refractivity contribution is 6.23. The second-order valence-corrected chi connectivity index (χ2v) is 5.98. The van der Waals surface area contributed by atoms with Crippen LogP contribution in [-0.2, 0) is 0 Å². The van der Waals surface area contributed by atoms with Gasteiger partial charge in [0.2, 0.25) is 0 Å². The Morgan fingerprint density at radius 3 is 2.81 bits per heavy atom. The summed E-state index contributed by atoms with van der Waals surface area (Å²) in [5.74, 6) is -0.470. The molecule has 5 nitrogen and oxygen atoms in total. The minimum atomic E-state index is -0.253. The summed E-state index contributed by atoms with van der Waals surface area (Å²) in [5, 5.41) is 3.46. The van der Waals surface area contributed by atoms with Crippen molar-refractivity contribution >= 4 is 17.5 Å². The standard InChI is InChI=1S/C16H21N3O2/c1-10(9-11-5-2-3-8-18-11)19-15(20)12-6-4-7-13(17)14(12)16(19)21/h4,6-7,10-11,18H,2-3,5,8-9,17H2,1H3. The van der Waals surface area contributed by atoms with Crippen molar-refractivity contribution in [2.24, 2.45) is 0 Å². The lowest BCUT2D eigenvalue weighted by Crippen LogP contribution is -2.44. The Bertz CT molecular complexity index is 579. The first kappa shape index (κ1) is 14.1. The summed E-state index contributed by atoms with van der Waals surface area (Å²) in [6, 6.07) is 5.33. The fraction of sp³-hybridized carbons (Fsp3) is 0.500. The van der Waals surface area contributed by atoms with Gasteiger partial charge in [-0.2, -0.15) is 0 Å². The minimum Gasteiger partial charge on any atom is -0.398 e. The molecule has 5 heteroatoms. The van der Waals surface area contributed by atoms with Crippen LogP contribution in [0.2, 0.25) is 0 Å². The van der Waals surface area contributed by atoms with Gasteiger partial charge in [-0.3, -0.25) is 14.5 Å². The third-order valence-corrected chi connectivity index (χ3v) is 4.46. The van der Waals surface area contributed by atoms with Crippen LogP contribution in [0.1, 0.15) is 53.3 Å². The number of piperidine rings is 1. The first-order chi connectivity index (χ1) is 10.1. The zero-order valence-corrected chi connectivity index (χ0v) is 12.3. The lowest BCUT2D eigenvalue weighted by Gasteiger charge is -2.29. The molecule has 21 heavy (non-hydrogen) atoms. The van der Waals surface area contributed by atoms with Crippen molar-refractivity contribution in [1.29, 1.82) is 0 Å². The number of carbonyl (C=O) groups excluding carboxylic acids is 2. The molecule has 0 bridgehead atoms. The van der Waals surface area contributed by atoms with Crippen LogP contribution >= 0.6 is 0 Å². The molecule has 0 saturated carbocycles. The number of amides is 2. The van der Waals surface area contributed by atoms with E-state index < -0.39 is 0 Å². The lowest BCUT2D eigenvalue weighted by molar-refractivity contribution is 0.0580. The quantitative estimate of drug-likeness (QED) is 0.656. The van der Waals surface area contributed by atoms with Gasteiger partial charge < -0.3 is 11.1 Å². The Kier molecular flexibility index (Phi) is 3.68. The van der Waals surface area contributed by atoms with E-state index in [0.29, 0.717) is 22.9 Å². The molecule has 0 aliphatic carbocycles. The van der Waals surface area contributed by atoms with Crippen LogP contribution in [0.5, 0.6) is 0 Å². The van der Waals surface area contributed by atoms with E-state index in [2.05, 4.69) is 5.32 Å². The number of benzene rings is 1. The number of nitrogens with one attached hydrogen (secondary N) is 1.